The number of hydrogen-bond acceptors (Lipinski definition) is 2. The van der Waals surface area contributed by atoms with Gasteiger partial charge in [0.1, 0.15) is 0 Å². The lowest BCUT2D eigenvalue weighted by atomic mass is 9.92. The van der Waals surface area contributed by atoms with Gasteiger partial charge in [0.05, 0.1) is 44.3 Å². The van der Waals surface area contributed by atoms with Gasteiger partial charge in [-0.1, -0.05) is 213 Å². The van der Waals surface area contributed by atoms with Crippen molar-refractivity contribution in [3.63, 3.8) is 0 Å². The molecule has 81 heavy (non-hydrogen) atoms. The van der Waals surface area contributed by atoms with Crippen molar-refractivity contribution in [2.45, 2.75) is 0 Å². The molecule has 0 aliphatic carbocycles. The molecule has 4 heterocycles. The van der Waals surface area contributed by atoms with E-state index >= 15 is 0 Å². The standard InChI is InChI=1S/C76H49N5/c1-2-50-20-9-10-21-51(50)39-36-49-37-40-52(41-38-49)57-31-19-35-71-73(57)74-61-29-12-11-26-58(61)63(48-72(74)80(71)56-24-7-4-8-25-56)53-42-44-70-64(46-53)60-28-15-18-34-68(60)81(70)76-77-66-32-16-13-30-62(66)75(78-76)54-43-45-69-65(47-54)59-27-14-17-33-67(59)79(69)55-22-5-3-6-23-55/h2-48H,1H2/b39-36+. The monoisotopic (exact) mass is 1030 g/mol. The van der Waals surface area contributed by atoms with Crippen molar-refractivity contribution in [2.75, 3.05) is 0 Å². The molecule has 0 saturated carbocycles. The van der Waals surface area contributed by atoms with Crippen molar-refractivity contribution in [1.29, 1.82) is 0 Å². The second kappa shape index (κ2) is 18.7. The van der Waals surface area contributed by atoms with Crippen LogP contribution in [-0.4, -0.2) is 23.7 Å². The third-order valence-electron chi connectivity index (χ3n) is 16.4. The fraction of sp³-hybridized carbons (Fsp3) is 0. The van der Waals surface area contributed by atoms with Crippen molar-refractivity contribution in [3.8, 4) is 50.8 Å². The van der Waals surface area contributed by atoms with Gasteiger partial charge in [-0.2, -0.15) is 0 Å². The molecule has 16 aromatic rings. The Morgan fingerprint density at radius 1 is 0.309 bits per heavy atom. The number of nitrogens with zero attached hydrogens (tertiary/aromatic N) is 5. The van der Waals surface area contributed by atoms with Crippen molar-refractivity contribution < 1.29 is 0 Å². The van der Waals surface area contributed by atoms with Crippen molar-refractivity contribution in [3.05, 3.63) is 290 Å². The third-order valence-corrected chi connectivity index (χ3v) is 16.4. The van der Waals surface area contributed by atoms with Gasteiger partial charge in [0.25, 0.3) is 0 Å². The molecular formula is C76H49N5. The zero-order valence-electron chi connectivity index (χ0n) is 44.1. The number of fused-ring (bicyclic) bond motifs is 12. The van der Waals surface area contributed by atoms with Crippen LogP contribution in [0.25, 0.3) is 156 Å². The molecule has 16 rings (SSSR count). The Morgan fingerprint density at radius 3 is 1.56 bits per heavy atom. The van der Waals surface area contributed by atoms with E-state index in [4.69, 9.17) is 9.97 Å². The Bertz CT molecular complexity index is 5230. The van der Waals surface area contributed by atoms with Gasteiger partial charge >= 0.3 is 0 Å². The average Bonchev–Trinajstić information content (AvgIpc) is 4.39. The highest BCUT2D eigenvalue weighted by atomic mass is 15.2. The van der Waals surface area contributed by atoms with Gasteiger partial charge < -0.3 is 9.13 Å². The van der Waals surface area contributed by atoms with Crippen molar-refractivity contribution >= 4 is 105 Å². The fourth-order valence-corrected chi connectivity index (χ4v) is 12.8. The van der Waals surface area contributed by atoms with E-state index in [0.29, 0.717) is 5.95 Å². The van der Waals surface area contributed by atoms with Crippen LogP contribution in [0.4, 0.5) is 0 Å². The van der Waals surface area contributed by atoms with Gasteiger partial charge in [0.2, 0.25) is 5.95 Å². The second-order valence-electron chi connectivity index (χ2n) is 20.9. The minimum Gasteiger partial charge on any atom is -0.309 e. The summed E-state index contributed by atoms with van der Waals surface area (Å²) in [5.41, 5.74) is 19.9. The predicted octanol–water partition coefficient (Wildman–Crippen LogP) is 19.9. The smallest absolute Gasteiger partial charge is 0.235 e. The van der Waals surface area contributed by atoms with Gasteiger partial charge in [0.15, 0.2) is 0 Å². The maximum Gasteiger partial charge on any atom is 0.235 e. The van der Waals surface area contributed by atoms with E-state index in [9.17, 15) is 0 Å². The number of rotatable bonds is 9. The molecule has 0 atom stereocenters. The van der Waals surface area contributed by atoms with E-state index in [2.05, 4.69) is 299 Å². The predicted molar refractivity (Wildman–Crippen MR) is 342 cm³/mol. The maximum atomic E-state index is 5.58. The van der Waals surface area contributed by atoms with Crippen LogP contribution in [0.15, 0.2) is 273 Å². The van der Waals surface area contributed by atoms with Crippen LogP contribution in [0.1, 0.15) is 16.7 Å². The molecule has 0 saturated heterocycles. The van der Waals surface area contributed by atoms with Crippen LogP contribution < -0.4 is 0 Å². The molecule has 0 aliphatic heterocycles. The van der Waals surface area contributed by atoms with E-state index < -0.39 is 0 Å². The van der Waals surface area contributed by atoms with Gasteiger partial charge in [-0.15, -0.1) is 0 Å². The summed E-state index contributed by atoms with van der Waals surface area (Å²) in [4.78, 5) is 10.9. The van der Waals surface area contributed by atoms with Crippen LogP contribution in [0, 0.1) is 0 Å². The lowest BCUT2D eigenvalue weighted by Crippen LogP contribution is -2.03. The molecule has 5 heteroatoms. The van der Waals surface area contributed by atoms with E-state index in [1.165, 1.54) is 54.5 Å². The first kappa shape index (κ1) is 46.2. The second-order valence-corrected chi connectivity index (χ2v) is 20.9. The van der Waals surface area contributed by atoms with Gasteiger partial charge in [-0.25, -0.2) is 9.97 Å². The first-order valence-corrected chi connectivity index (χ1v) is 27.6. The van der Waals surface area contributed by atoms with Gasteiger partial charge in [-0.05, 0) is 129 Å². The summed E-state index contributed by atoms with van der Waals surface area (Å²) in [5, 5.41) is 10.5. The molecule has 5 nitrogen and oxygen atoms in total. The van der Waals surface area contributed by atoms with E-state index in [0.717, 1.165) is 94.1 Å². The minimum absolute atomic E-state index is 0.630. The number of benzene rings is 12. The molecule has 0 radical (unpaired) electrons. The molecule has 0 fully saturated rings. The zero-order valence-corrected chi connectivity index (χ0v) is 44.1. The third kappa shape index (κ3) is 7.40. The van der Waals surface area contributed by atoms with Crippen LogP contribution in [0.2, 0.25) is 0 Å². The largest absolute Gasteiger partial charge is 0.309 e. The molecule has 12 aromatic carbocycles. The van der Waals surface area contributed by atoms with E-state index in [1.54, 1.807) is 0 Å². The van der Waals surface area contributed by atoms with Crippen LogP contribution >= 0.6 is 0 Å². The highest BCUT2D eigenvalue weighted by molar-refractivity contribution is 6.27. The maximum absolute atomic E-state index is 5.58. The summed E-state index contributed by atoms with van der Waals surface area (Å²) in [5.74, 6) is 0.630. The first-order chi connectivity index (χ1) is 40.1. The normalized spacial score (nSPS) is 12.0. The number of para-hydroxylation sites is 5. The number of hydrogen-bond donors (Lipinski definition) is 0. The van der Waals surface area contributed by atoms with E-state index in [1.807, 2.05) is 6.08 Å². The van der Waals surface area contributed by atoms with Gasteiger partial charge in [-0.3, -0.25) is 4.57 Å². The lowest BCUT2D eigenvalue weighted by Gasteiger charge is -2.13. The molecule has 378 valence electrons. The molecular weight excluding hydrogens is 983 g/mol. The SMILES string of the molecule is C=Cc1ccccc1/C=C/c1ccc(-c2cccc3c2c2c4ccccc4c(-c4ccc5c(c4)c4ccccc4n5-c4nc(-c5ccc6c(c5)c5ccccc5n6-c5ccccc5)c5ccccc5n4)cc2n3-c2ccccc2)cc1. The highest BCUT2D eigenvalue weighted by Gasteiger charge is 2.23. The molecule has 0 spiro atoms. The van der Waals surface area contributed by atoms with Crippen LogP contribution in [-0.2, 0) is 0 Å². The zero-order chi connectivity index (χ0) is 53.5. The van der Waals surface area contributed by atoms with Gasteiger partial charge in [0, 0.05) is 54.6 Å². The Hall–Kier alpha value is -10.9. The Morgan fingerprint density at radius 2 is 0.840 bits per heavy atom. The van der Waals surface area contributed by atoms with Crippen molar-refractivity contribution in [1.82, 2.24) is 23.7 Å². The lowest BCUT2D eigenvalue weighted by molar-refractivity contribution is 1.01. The molecule has 0 N–H and O–H groups in total. The molecule has 4 aromatic heterocycles. The van der Waals surface area contributed by atoms with Crippen molar-refractivity contribution in [2.24, 2.45) is 0 Å². The first-order valence-electron chi connectivity index (χ1n) is 27.6. The molecule has 0 bridgehead atoms. The Balaban J connectivity index is 0.866. The number of aromatic nitrogens is 5. The molecule has 0 unspecified atom stereocenters. The summed E-state index contributed by atoms with van der Waals surface area (Å²) >= 11 is 0. The average molecular weight is 1030 g/mol. The Kier molecular flexibility index (Phi) is 10.6. The summed E-state index contributed by atoms with van der Waals surface area (Å²) in [7, 11) is 0. The summed E-state index contributed by atoms with van der Waals surface area (Å²) in [6.07, 6.45) is 6.26. The fourth-order valence-electron chi connectivity index (χ4n) is 12.8. The minimum atomic E-state index is 0.630. The molecule has 0 aliphatic rings. The quantitative estimate of drug-likeness (QED) is 0.135. The summed E-state index contributed by atoms with van der Waals surface area (Å²) in [6.45, 7) is 4.02. The highest BCUT2D eigenvalue weighted by Crippen LogP contribution is 2.46. The topological polar surface area (TPSA) is 40.6 Å². The summed E-state index contributed by atoms with van der Waals surface area (Å²) < 4.78 is 7.07. The Labute approximate surface area is 467 Å². The van der Waals surface area contributed by atoms with Crippen LogP contribution in [0.5, 0.6) is 0 Å². The summed E-state index contributed by atoms with van der Waals surface area (Å²) in [6, 6.07) is 96.4. The van der Waals surface area contributed by atoms with E-state index in [-0.39, 0.29) is 0 Å². The van der Waals surface area contributed by atoms with Crippen LogP contribution in [0.3, 0.4) is 0 Å². The molecule has 0 amide bonds.